The predicted octanol–water partition coefficient (Wildman–Crippen LogP) is -0.319. The molecule has 0 aliphatic heterocycles. The van der Waals surface area contributed by atoms with Crippen molar-refractivity contribution < 1.29 is 75.0 Å². The average molecular weight is 262 g/mol. The van der Waals surface area contributed by atoms with Gasteiger partial charge in [0.2, 0.25) is 0 Å². The first kappa shape index (κ1) is 37.2. The van der Waals surface area contributed by atoms with E-state index in [0.29, 0.717) is 0 Å². The van der Waals surface area contributed by atoms with Crippen LogP contribution >= 0.6 is 0 Å². The van der Waals surface area contributed by atoms with E-state index in [0.717, 1.165) is 0 Å². The molecule has 0 N–H and O–H groups in total. The topological polar surface area (TPSA) is 0 Å². The van der Waals surface area contributed by atoms with Crippen molar-refractivity contribution >= 4 is 46.1 Å². The van der Waals surface area contributed by atoms with Crippen LogP contribution in [0.2, 0.25) is 0 Å². The zero-order valence-electron chi connectivity index (χ0n) is 7.08. The van der Waals surface area contributed by atoms with Crippen molar-refractivity contribution in [1.29, 1.82) is 0 Å². The molecule has 0 aliphatic carbocycles. The molecule has 0 atom stereocenters. The monoisotopic (exact) mass is 260 g/mol. The van der Waals surface area contributed by atoms with Crippen LogP contribution in [0.15, 0.2) is 0 Å². The summed E-state index contributed by atoms with van der Waals surface area (Å²) >= 11 is 0. The second-order valence-corrected chi connectivity index (χ2v) is 0. The van der Waals surface area contributed by atoms with Gasteiger partial charge < -0.3 is 5.71 Å². The maximum atomic E-state index is 0. The van der Waals surface area contributed by atoms with Crippen LogP contribution in [-0.4, -0.2) is 46.1 Å². The molecule has 0 saturated heterocycles. The van der Waals surface area contributed by atoms with Gasteiger partial charge in [0.15, 0.2) is 0 Å². The Hall–Kier alpha value is 3.78. The molecule has 0 aliphatic rings. The van der Waals surface area contributed by atoms with Crippen LogP contribution in [0.3, 0.4) is 0 Å². The Balaban J connectivity index is 0. The molecular formula is H4Mg2MnYZn. The van der Waals surface area contributed by atoms with Crippen LogP contribution in [0.1, 0.15) is 5.71 Å². The van der Waals surface area contributed by atoms with Crippen molar-refractivity contribution in [2.45, 2.75) is 0 Å². The third-order valence-corrected chi connectivity index (χ3v) is 0. The summed E-state index contributed by atoms with van der Waals surface area (Å²) in [6.45, 7) is 0. The van der Waals surface area contributed by atoms with E-state index in [2.05, 4.69) is 0 Å². The summed E-state index contributed by atoms with van der Waals surface area (Å²) in [7, 11) is 0. The van der Waals surface area contributed by atoms with E-state index in [1.165, 1.54) is 0 Å². The molecule has 0 unspecified atom stereocenters. The average Bonchev–Trinajstić information content (AvgIpc) is 0. The fourth-order valence-electron chi connectivity index (χ4n) is 0. The summed E-state index contributed by atoms with van der Waals surface area (Å²) in [5.41, 5.74) is 0. The molecule has 0 aromatic rings. The molecule has 0 fully saturated rings. The van der Waals surface area contributed by atoms with Gasteiger partial charge in [-0.3, -0.25) is 0 Å². The summed E-state index contributed by atoms with van der Waals surface area (Å²) in [4.78, 5) is 0. The first-order valence-corrected chi connectivity index (χ1v) is 0. The quantitative estimate of drug-likeness (QED) is 0.525. The van der Waals surface area contributed by atoms with Crippen LogP contribution in [0.25, 0.3) is 0 Å². The second kappa shape index (κ2) is 25.0. The van der Waals surface area contributed by atoms with Crippen molar-refractivity contribution in [1.82, 2.24) is 0 Å². The molecule has 0 amide bonds. The molecule has 0 spiro atoms. The van der Waals surface area contributed by atoms with E-state index in [-0.39, 0.29) is 121 Å². The van der Waals surface area contributed by atoms with Crippen molar-refractivity contribution in [2.24, 2.45) is 0 Å². The zero-order chi connectivity index (χ0) is 0. The van der Waals surface area contributed by atoms with Gasteiger partial charge in [0.25, 0.3) is 0 Å². The van der Waals surface area contributed by atoms with Crippen molar-refractivity contribution in [3.05, 3.63) is 0 Å². The molecule has 0 bridgehead atoms. The van der Waals surface area contributed by atoms with Crippen molar-refractivity contribution in [3.8, 4) is 0 Å². The van der Waals surface area contributed by atoms with Gasteiger partial charge in [0.05, 0.1) is 0 Å². The third kappa shape index (κ3) is 18.2. The minimum Gasteiger partial charge on any atom is -1.00 e. The largest absolute Gasteiger partial charge is 2.00 e. The van der Waals surface area contributed by atoms with Gasteiger partial charge in [0.1, 0.15) is 0 Å². The van der Waals surface area contributed by atoms with E-state index < -0.39 is 0 Å². The Labute approximate surface area is 119 Å². The third-order valence-electron chi connectivity index (χ3n) is 0. The Bertz CT molecular complexity index is 18.5. The fourth-order valence-corrected chi connectivity index (χ4v) is 0. The first-order chi connectivity index (χ1) is 0. The fraction of sp³-hybridized carbons (Fsp3) is 0. The standard InChI is InChI=1S/2Mg.Mn.Y.Zn.4H/q2*+2;;;;4*-1. The summed E-state index contributed by atoms with van der Waals surface area (Å²) in [5.74, 6) is 0. The van der Waals surface area contributed by atoms with Crippen molar-refractivity contribution in [2.75, 3.05) is 0 Å². The maximum absolute atomic E-state index is 0. The number of hydrogen-bond donors (Lipinski definition) is 0. The summed E-state index contributed by atoms with van der Waals surface area (Å²) in [6.07, 6.45) is 0. The van der Waals surface area contributed by atoms with E-state index in [1.807, 2.05) is 0 Å². The Kier molecular flexibility index (Phi) is 186. The molecule has 0 aromatic carbocycles. The predicted molar refractivity (Wildman–Crippen MR) is 16.0 cm³/mol. The molecule has 0 nitrogen and oxygen atoms in total. The second-order valence-electron chi connectivity index (χ2n) is 0. The van der Waals surface area contributed by atoms with Crippen LogP contribution in [0, 0.1) is 0 Å². The normalized spacial score (nSPS) is 0. The van der Waals surface area contributed by atoms with E-state index >= 15 is 0 Å². The van der Waals surface area contributed by atoms with E-state index in [1.54, 1.807) is 0 Å². The summed E-state index contributed by atoms with van der Waals surface area (Å²) in [6, 6.07) is 0. The molecule has 20 valence electrons. The number of hydrogen-bond acceptors (Lipinski definition) is 0. The van der Waals surface area contributed by atoms with Gasteiger partial charge in [0, 0.05) is 69.3 Å². The van der Waals surface area contributed by atoms with E-state index in [4.69, 9.17) is 0 Å². The maximum Gasteiger partial charge on any atom is 2.00 e. The molecule has 5 heavy (non-hydrogen) atoms. The minimum atomic E-state index is 0. The van der Waals surface area contributed by atoms with Crippen LogP contribution < -0.4 is 0 Å². The SMILES string of the molecule is [H-].[H-].[H-].[H-].[Mg+2].[Mg+2].[Mn].[Y].[Zn]. The van der Waals surface area contributed by atoms with Crippen LogP contribution in [0.5, 0.6) is 0 Å². The van der Waals surface area contributed by atoms with Crippen LogP contribution in [0.4, 0.5) is 0 Å². The molecule has 0 rings (SSSR count). The van der Waals surface area contributed by atoms with Gasteiger partial charge in [-0.05, 0) is 0 Å². The minimum absolute atomic E-state index is 0. The zero-order valence-corrected chi connectivity index (χ0v) is 12.9. The molecule has 0 saturated carbocycles. The molecule has 5 heteroatoms. The first-order valence-electron chi connectivity index (χ1n) is 0. The van der Waals surface area contributed by atoms with E-state index in [9.17, 15) is 0 Å². The van der Waals surface area contributed by atoms with Gasteiger partial charge in [-0.25, -0.2) is 0 Å². The Morgan fingerprint density at radius 3 is 1.00 bits per heavy atom. The summed E-state index contributed by atoms with van der Waals surface area (Å²) in [5, 5.41) is 0. The molecule has 2 radical (unpaired) electrons. The summed E-state index contributed by atoms with van der Waals surface area (Å²) < 4.78 is 0. The smallest absolute Gasteiger partial charge is 1.00 e. The van der Waals surface area contributed by atoms with Gasteiger partial charge in [-0.2, -0.15) is 0 Å². The molecule has 0 aromatic heterocycles. The van der Waals surface area contributed by atoms with Gasteiger partial charge >= 0.3 is 46.1 Å². The molecular weight excluding hydrogens is 258 g/mol. The number of rotatable bonds is 0. The van der Waals surface area contributed by atoms with Gasteiger partial charge in [-0.1, -0.05) is 0 Å². The Morgan fingerprint density at radius 2 is 1.00 bits per heavy atom. The Morgan fingerprint density at radius 1 is 1.00 bits per heavy atom. The molecule has 0 heterocycles. The van der Waals surface area contributed by atoms with Crippen LogP contribution in [-0.2, 0) is 69.3 Å². The van der Waals surface area contributed by atoms with Crippen molar-refractivity contribution in [3.63, 3.8) is 0 Å². The van der Waals surface area contributed by atoms with Gasteiger partial charge in [-0.15, -0.1) is 0 Å².